The molecule has 0 N–H and O–H groups in total. The Morgan fingerprint density at radius 1 is 1.06 bits per heavy atom. The highest BCUT2D eigenvalue weighted by Gasteiger charge is 2.18. The van der Waals surface area contributed by atoms with E-state index in [4.69, 9.17) is 0 Å². The predicted octanol–water partition coefficient (Wildman–Crippen LogP) is 3.47. The van der Waals surface area contributed by atoms with Crippen molar-refractivity contribution in [1.29, 1.82) is 0 Å². The number of benzene rings is 1. The fourth-order valence-corrected chi connectivity index (χ4v) is 1.54. The standard InChI is InChI=1S/C12H8F3N/c1-7-6-8(13)11(14)12(15)10(7)9-4-2-3-5-16-9/h2-6H,1H3. The summed E-state index contributed by atoms with van der Waals surface area (Å²) in [6.45, 7) is 1.51. The smallest absolute Gasteiger partial charge is 0.195 e. The molecule has 82 valence electrons. The summed E-state index contributed by atoms with van der Waals surface area (Å²) in [4.78, 5) is 3.91. The molecule has 2 aromatic rings. The summed E-state index contributed by atoms with van der Waals surface area (Å²) in [6.07, 6.45) is 1.47. The second-order valence-corrected chi connectivity index (χ2v) is 3.39. The van der Waals surface area contributed by atoms with Gasteiger partial charge in [0.25, 0.3) is 0 Å². The van der Waals surface area contributed by atoms with Gasteiger partial charge in [-0.1, -0.05) is 6.07 Å². The summed E-state index contributed by atoms with van der Waals surface area (Å²) >= 11 is 0. The zero-order valence-electron chi connectivity index (χ0n) is 8.47. The van der Waals surface area contributed by atoms with E-state index in [1.54, 1.807) is 18.2 Å². The number of rotatable bonds is 1. The summed E-state index contributed by atoms with van der Waals surface area (Å²) in [6, 6.07) is 5.82. The van der Waals surface area contributed by atoms with Gasteiger partial charge < -0.3 is 0 Å². The highest BCUT2D eigenvalue weighted by atomic mass is 19.2. The number of nitrogens with zero attached hydrogens (tertiary/aromatic N) is 1. The van der Waals surface area contributed by atoms with Crippen molar-refractivity contribution >= 4 is 0 Å². The van der Waals surface area contributed by atoms with Gasteiger partial charge in [0.2, 0.25) is 0 Å². The Hall–Kier alpha value is -1.84. The molecule has 1 nitrogen and oxygen atoms in total. The molecule has 1 heterocycles. The molecule has 0 saturated carbocycles. The lowest BCUT2D eigenvalue weighted by atomic mass is 10.0. The van der Waals surface area contributed by atoms with Crippen LogP contribution in [0.4, 0.5) is 13.2 Å². The molecule has 0 amide bonds. The molecule has 2 rings (SSSR count). The van der Waals surface area contributed by atoms with Crippen LogP contribution in [0.2, 0.25) is 0 Å². The Bertz CT molecular complexity index is 524. The van der Waals surface area contributed by atoms with Gasteiger partial charge in [-0.15, -0.1) is 0 Å². The third kappa shape index (κ3) is 1.66. The Morgan fingerprint density at radius 2 is 1.81 bits per heavy atom. The molecule has 0 saturated heterocycles. The van der Waals surface area contributed by atoms with Gasteiger partial charge in [0.15, 0.2) is 17.5 Å². The van der Waals surface area contributed by atoms with Crippen LogP contribution in [0.25, 0.3) is 11.3 Å². The number of hydrogen-bond acceptors (Lipinski definition) is 1. The molecule has 4 heteroatoms. The first kappa shape index (κ1) is 10.7. The van der Waals surface area contributed by atoms with Crippen molar-refractivity contribution in [3.63, 3.8) is 0 Å². The van der Waals surface area contributed by atoms with Gasteiger partial charge in [-0.2, -0.15) is 0 Å². The summed E-state index contributed by atoms with van der Waals surface area (Å²) < 4.78 is 39.5. The maximum atomic E-state index is 13.6. The number of aryl methyl sites for hydroxylation is 1. The molecule has 0 fully saturated rings. The molecule has 0 aliphatic rings. The highest BCUT2D eigenvalue weighted by Crippen LogP contribution is 2.27. The zero-order chi connectivity index (χ0) is 11.7. The van der Waals surface area contributed by atoms with E-state index in [0.29, 0.717) is 5.56 Å². The predicted molar refractivity (Wildman–Crippen MR) is 54.3 cm³/mol. The third-order valence-electron chi connectivity index (χ3n) is 2.28. The molecule has 0 unspecified atom stereocenters. The Morgan fingerprint density at radius 3 is 2.44 bits per heavy atom. The van der Waals surface area contributed by atoms with Gasteiger partial charge in [0.1, 0.15) is 0 Å². The summed E-state index contributed by atoms with van der Waals surface area (Å²) in [5.74, 6) is -3.85. The Balaban J connectivity index is 2.71. The molecule has 0 aliphatic heterocycles. The van der Waals surface area contributed by atoms with Crippen LogP contribution in [-0.2, 0) is 0 Å². The van der Waals surface area contributed by atoms with Gasteiger partial charge >= 0.3 is 0 Å². The van der Waals surface area contributed by atoms with Gasteiger partial charge in [-0.25, -0.2) is 13.2 Å². The fraction of sp³-hybridized carbons (Fsp3) is 0.0833. The maximum absolute atomic E-state index is 13.6. The second-order valence-electron chi connectivity index (χ2n) is 3.39. The molecule has 0 aliphatic carbocycles. The fourth-order valence-electron chi connectivity index (χ4n) is 1.54. The van der Waals surface area contributed by atoms with E-state index in [-0.39, 0.29) is 11.3 Å². The van der Waals surface area contributed by atoms with E-state index >= 15 is 0 Å². The monoisotopic (exact) mass is 223 g/mol. The van der Waals surface area contributed by atoms with Gasteiger partial charge in [-0.3, -0.25) is 4.98 Å². The van der Waals surface area contributed by atoms with Gasteiger partial charge in [0.05, 0.1) is 5.69 Å². The third-order valence-corrected chi connectivity index (χ3v) is 2.28. The lowest BCUT2D eigenvalue weighted by Gasteiger charge is -2.07. The second kappa shape index (κ2) is 3.96. The molecule has 1 aromatic heterocycles. The van der Waals surface area contributed by atoms with Crippen molar-refractivity contribution in [3.05, 3.63) is 53.5 Å². The number of aromatic nitrogens is 1. The number of pyridine rings is 1. The van der Waals surface area contributed by atoms with E-state index in [1.165, 1.54) is 13.1 Å². The van der Waals surface area contributed by atoms with Crippen molar-refractivity contribution in [2.24, 2.45) is 0 Å². The van der Waals surface area contributed by atoms with Crippen LogP contribution in [0, 0.1) is 24.4 Å². The average molecular weight is 223 g/mol. The van der Waals surface area contributed by atoms with Crippen LogP contribution >= 0.6 is 0 Å². The maximum Gasteiger partial charge on any atom is 0.195 e. The van der Waals surface area contributed by atoms with Crippen LogP contribution in [0.1, 0.15) is 5.56 Å². The van der Waals surface area contributed by atoms with Crippen molar-refractivity contribution in [1.82, 2.24) is 4.98 Å². The van der Waals surface area contributed by atoms with Crippen LogP contribution < -0.4 is 0 Å². The van der Waals surface area contributed by atoms with E-state index in [1.807, 2.05) is 0 Å². The van der Waals surface area contributed by atoms with Crippen molar-refractivity contribution in [2.45, 2.75) is 6.92 Å². The lowest BCUT2D eigenvalue weighted by molar-refractivity contribution is 0.448. The molecule has 1 aromatic carbocycles. The van der Waals surface area contributed by atoms with Crippen molar-refractivity contribution in [3.8, 4) is 11.3 Å². The van der Waals surface area contributed by atoms with Crippen LogP contribution in [0.3, 0.4) is 0 Å². The normalized spacial score (nSPS) is 10.5. The van der Waals surface area contributed by atoms with E-state index in [2.05, 4.69) is 4.98 Å². The molecular weight excluding hydrogens is 215 g/mol. The molecule has 0 bridgehead atoms. The quantitative estimate of drug-likeness (QED) is 0.674. The van der Waals surface area contributed by atoms with E-state index < -0.39 is 17.5 Å². The summed E-state index contributed by atoms with van der Waals surface area (Å²) in [5.41, 5.74) is 0.603. The van der Waals surface area contributed by atoms with Crippen LogP contribution in [0.15, 0.2) is 30.5 Å². The molecule has 0 spiro atoms. The minimum Gasteiger partial charge on any atom is -0.256 e. The molecule has 0 atom stereocenters. The lowest BCUT2D eigenvalue weighted by Crippen LogP contribution is -1.98. The Kier molecular flexibility index (Phi) is 2.64. The van der Waals surface area contributed by atoms with Gasteiger partial charge in [0, 0.05) is 11.8 Å². The molecule has 16 heavy (non-hydrogen) atoms. The minimum atomic E-state index is -1.47. The van der Waals surface area contributed by atoms with E-state index in [0.717, 1.165) is 6.07 Å². The topological polar surface area (TPSA) is 12.9 Å². The number of hydrogen-bond donors (Lipinski definition) is 0. The molecular formula is C12H8F3N. The van der Waals surface area contributed by atoms with Crippen molar-refractivity contribution < 1.29 is 13.2 Å². The van der Waals surface area contributed by atoms with Gasteiger partial charge in [-0.05, 0) is 30.7 Å². The largest absolute Gasteiger partial charge is 0.256 e. The first-order valence-electron chi connectivity index (χ1n) is 4.66. The van der Waals surface area contributed by atoms with E-state index in [9.17, 15) is 13.2 Å². The highest BCUT2D eigenvalue weighted by molar-refractivity contribution is 5.64. The first-order chi connectivity index (χ1) is 7.61. The summed E-state index contributed by atoms with van der Waals surface area (Å²) in [5, 5.41) is 0. The first-order valence-corrected chi connectivity index (χ1v) is 4.66. The SMILES string of the molecule is Cc1cc(F)c(F)c(F)c1-c1ccccn1. The average Bonchev–Trinajstić information content (AvgIpc) is 2.28. The Labute approximate surface area is 90.6 Å². The van der Waals surface area contributed by atoms with Crippen LogP contribution in [0.5, 0.6) is 0 Å². The minimum absolute atomic E-state index is 0.000463. The van der Waals surface area contributed by atoms with Crippen molar-refractivity contribution in [2.75, 3.05) is 0 Å². The summed E-state index contributed by atoms with van der Waals surface area (Å²) in [7, 11) is 0. The van der Waals surface area contributed by atoms with Crippen LogP contribution in [-0.4, -0.2) is 4.98 Å². The zero-order valence-corrected chi connectivity index (χ0v) is 8.47. The molecule has 0 radical (unpaired) electrons. The number of halogens is 3.